The summed E-state index contributed by atoms with van der Waals surface area (Å²) in [5, 5.41) is 10.4. The quantitative estimate of drug-likeness (QED) is 0.464. The number of aliphatic hydroxyl groups excluding tert-OH is 1. The fourth-order valence-electron chi connectivity index (χ4n) is 1.94. The topological polar surface area (TPSA) is 58.9 Å². The molecular formula is C16H19FINO3. The van der Waals surface area contributed by atoms with Gasteiger partial charge in [0.25, 0.3) is 0 Å². The number of aliphatic imine (C=N–C) groups is 1. The van der Waals surface area contributed by atoms with Crippen LogP contribution in [-0.2, 0) is 9.53 Å². The van der Waals surface area contributed by atoms with Crippen LogP contribution in [-0.4, -0.2) is 37.3 Å². The maximum absolute atomic E-state index is 13.0. The Bertz CT molecular complexity index is 686. The van der Waals surface area contributed by atoms with Crippen LogP contribution in [0.25, 0.3) is 0 Å². The molecule has 0 bridgehead atoms. The van der Waals surface area contributed by atoms with E-state index in [4.69, 9.17) is 4.74 Å². The Morgan fingerprint density at radius 1 is 1.36 bits per heavy atom. The van der Waals surface area contributed by atoms with E-state index in [0.29, 0.717) is 11.3 Å². The summed E-state index contributed by atoms with van der Waals surface area (Å²) >= 11 is -2.43. The Kier molecular flexibility index (Phi) is 5.23. The number of rotatable bonds is 4. The van der Waals surface area contributed by atoms with Gasteiger partial charge in [-0.2, -0.15) is 0 Å². The van der Waals surface area contributed by atoms with E-state index in [9.17, 15) is 14.3 Å². The number of halogens is 2. The van der Waals surface area contributed by atoms with Gasteiger partial charge in [0, 0.05) is 0 Å². The van der Waals surface area contributed by atoms with Crippen molar-refractivity contribution in [2.24, 2.45) is 4.99 Å². The van der Waals surface area contributed by atoms with E-state index in [1.165, 1.54) is 19.1 Å². The van der Waals surface area contributed by atoms with Gasteiger partial charge in [-0.15, -0.1) is 0 Å². The molecule has 1 aromatic carbocycles. The zero-order valence-corrected chi connectivity index (χ0v) is 14.9. The van der Waals surface area contributed by atoms with Gasteiger partial charge >= 0.3 is 133 Å². The molecule has 22 heavy (non-hydrogen) atoms. The molecule has 0 aromatic heterocycles. The average Bonchev–Trinajstić information content (AvgIpc) is 2.45. The van der Waals surface area contributed by atoms with Gasteiger partial charge in [-0.05, 0) is 0 Å². The number of ether oxygens (including phenoxy) is 1. The van der Waals surface area contributed by atoms with Crippen LogP contribution >= 0.6 is 18.0 Å². The summed E-state index contributed by atoms with van der Waals surface area (Å²) in [7, 11) is 0. The molecule has 1 heterocycles. The molecule has 4 nitrogen and oxygen atoms in total. The Balaban J connectivity index is 2.24. The average molecular weight is 419 g/mol. The number of aliphatic hydroxyl groups is 1. The van der Waals surface area contributed by atoms with Gasteiger partial charge in [-0.25, -0.2) is 0 Å². The van der Waals surface area contributed by atoms with Crippen molar-refractivity contribution in [3.63, 3.8) is 0 Å². The molecule has 6 heteroatoms. The number of benzene rings is 1. The summed E-state index contributed by atoms with van der Waals surface area (Å²) in [5.74, 6) is -0.662. The zero-order valence-electron chi connectivity index (χ0n) is 12.7. The number of carbonyl (C=O) groups is 1. The predicted octanol–water partition coefficient (Wildman–Crippen LogP) is 2.82. The van der Waals surface area contributed by atoms with Gasteiger partial charge in [-0.1, -0.05) is 0 Å². The van der Waals surface area contributed by atoms with Crippen molar-refractivity contribution < 1.29 is 19.0 Å². The molecule has 120 valence electrons. The van der Waals surface area contributed by atoms with E-state index in [1.54, 1.807) is 18.3 Å². The minimum absolute atomic E-state index is 0.249. The number of carbonyl (C=O) groups excluding carboxylic acids is 1. The van der Waals surface area contributed by atoms with Crippen molar-refractivity contribution in [2.75, 3.05) is 16.5 Å². The monoisotopic (exact) mass is 419 g/mol. The molecule has 1 unspecified atom stereocenters. The first-order valence-corrected chi connectivity index (χ1v) is 13.3. The summed E-state index contributed by atoms with van der Waals surface area (Å²) in [6.07, 6.45) is 0.816. The maximum atomic E-state index is 13.0. The Morgan fingerprint density at radius 3 is 2.55 bits per heavy atom. The van der Waals surface area contributed by atoms with E-state index in [1.807, 2.05) is 4.01 Å². The molecule has 0 amide bonds. The molecule has 0 spiro atoms. The molecule has 1 aliphatic rings. The number of alkyl halides is 2. The van der Waals surface area contributed by atoms with Crippen molar-refractivity contribution in [2.45, 2.75) is 13.0 Å². The molecule has 0 saturated carbocycles. The van der Waals surface area contributed by atoms with Crippen LogP contribution in [0.1, 0.15) is 18.6 Å². The molecule has 1 aromatic rings. The third kappa shape index (κ3) is 4.07. The molecule has 1 N–H and O–H groups in total. The van der Waals surface area contributed by atoms with Gasteiger partial charge in [0.1, 0.15) is 0 Å². The number of hydrogen-bond acceptors (Lipinski definition) is 4. The first-order valence-electron chi connectivity index (χ1n) is 6.62. The van der Waals surface area contributed by atoms with Crippen LogP contribution in [0.3, 0.4) is 0 Å². The third-order valence-corrected chi connectivity index (χ3v) is 9.60. The normalized spacial score (nSPS) is 19.3. The van der Waals surface area contributed by atoms with Crippen molar-refractivity contribution in [1.82, 2.24) is 0 Å². The molecule has 0 aliphatic carbocycles. The Hall–Kier alpha value is -1.41. The second kappa shape index (κ2) is 6.78. The summed E-state index contributed by atoms with van der Waals surface area (Å²) in [4.78, 5) is 19.5. The van der Waals surface area contributed by atoms with Crippen LogP contribution in [0.15, 0.2) is 39.0 Å². The molecular weight excluding hydrogens is 400 g/mol. The summed E-state index contributed by atoms with van der Waals surface area (Å²) in [5.41, 5.74) is 1.17. The summed E-state index contributed by atoms with van der Waals surface area (Å²) in [6.45, 7) is 1.62. The SMILES string of the molecule is CC(=O)OCC1=CN=C(C(O)c2ccc(F)cc2)C=I1(C)C. The molecule has 1 atom stereocenters. The first kappa shape index (κ1) is 17.0. The van der Waals surface area contributed by atoms with Gasteiger partial charge in [0.05, 0.1) is 0 Å². The Labute approximate surface area is 132 Å². The van der Waals surface area contributed by atoms with E-state index in [2.05, 4.69) is 14.9 Å². The first-order chi connectivity index (χ1) is 10.3. The Morgan fingerprint density at radius 2 is 2.00 bits per heavy atom. The second-order valence-electron chi connectivity index (χ2n) is 5.27. The van der Waals surface area contributed by atoms with Crippen LogP contribution < -0.4 is 0 Å². The molecule has 2 rings (SSSR count). The summed E-state index contributed by atoms with van der Waals surface area (Å²) in [6, 6.07) is 5.73. The van der Waals surface area contributed by atoms with E-state index in [-0.39, 0.29) is 18.4 Å². The molecule has 0 saturated heterocycles. The van der Waals surface area contributed by atoms with Gasteiger partial charge in [0.2, 0.25) is 0 Å². The van der Waals surface area contributed by atoms with Crippen molar-refractivity contribution >= 4 is 33.7 Å². The van der Waals surface area contributed by atoms with Crippen LogP contribution in [0.2, 0.25) is 0 Å². The van der Waals surface area contributed by atoms with E-state index >= 15 is 0 Å². The van der Waals surface area contributed by atoms with Crippen molar-refractivity contribution in [1.29, 1.82) is 0 Å². The van der Waals surface area contributed by atoms with E-state index < -0.39 is 24.1 Å². The molecule has 0 fully saturated rings. The standard InChI is InChI=1S/C16H19FINO3/c1-11(20)22-10-14-9-19-15(8-18(14,2)3)16(21)12-4-6-13(17)7-5-12/h4-9,16,21H,10H2,1-3H3. The second-order valence-corrected chi connectivity index (χ2v) is 14.7. The number of hydrogen-bond donors (Lipinski definition) is 1. The van der Waals surface area contributed by atoms with Crippen LogP contribution in [0.5, 0.6) is 0 Å². The minimum atomic E-state index is -2.43. The van der Waals surface area contributed by atoms with Gasteiger partial charge in [-0.3, -0.25) is 0 Å². The molecule has 0 radical (unpaired) electrons. The van der Waals surface area contributed by atoms with Crippen LogP contribution in [0.4, 0.5) is 4.39 Å². The number of esters is 1. The fourth-order valence-corrected chi connectivity index (χ4v) is 6.25. The fraction of sp³-hybridized carbons (Fsp3) is 0.312. The van der Waals surface area contributed by atoms with Crippen molar-refractivity contribution in [3.05, 3.63) is 45.4 Å². The van der Waals surface area contributed by atoms with Gasteiger partial charge in [0.15, 0.2) is 0 Å². The predicted molar refractivity (Wildman–Crippen MR) is 95.4 cm³/mol. The van der Waals surface area contributed by atoms with E-state index in [0.717, 1.165) is 3.58 Å². The van der Waals surface area contributed by atoms with Crippen molar-refractivity contribution in [3.8, 4) is 0 Å². The van der Waals surface area contributed by atoms with Gasteiger partial charge < -0.3 is 0 Å². The third-order valence-electron chi connectivity index (χ3n) is 3.24. The number of nitrogens with zero attached hydrogens (tertiary/aromatic N) is 1. The molecule has 1 aliphatic heterocycles. The summed E-state index contributed by atoms with van der Waals surface area (Å²) < 4.78 is 21.0. The van der Waals surface area contributed by atoms with Crippen LogP contribution in [0, 0.1) is 5.82 Å². The zero-order chi connectivity index (χ0) is 16.3.